The summed E-state index contributed by atoms with van der Waals surface area (Å²) in [4.78, 5) is 31.8. The van der Waals surface area contributed by atoms with E-state index >= 15 is 0 Å². The molecule has 1 N–H and O–H groups in total. The van der Waals surface area contributed by atoms with E-state index in [1.807, 2.05) is 42.5 Å². The van der Waals surface area contributed by atoms with Crippen molar-refractivity contribution in [1.29, 1.82) is 0 Å². The third-order valence-electron chi connectivity index (χ3n) is 6.03. The largest absolute Gasteiger partial charge is 0.417 e. The molecule has 0 bridgehead atoms. The maximum Gasteiger partial charge on any atom is 0.309 e. The van der Waals surface area contributed by atoms with E-state index in [-0.39, 0.29) is 23.6 Å². The second-order valence-electron chi connectivity index (χ2n) is 7.78. The van der Waals surface area contributed by atoms with Gasteiger partial charge in [-0.2, -0.15) is 0 Å². The zero-order chi connectivity index (χ0) is 20.7. The fourth-order valence-corrected chi connectivity index (χ4v) is 4.35. The molecule has 2 aliphatic rings. The number of aromatic nitrogens is 3. The summed E-state index contributed by atoms with van der Waals surface area (Å²) in [6.45, 7) is 0. The summed E-state index contributed by atoms with van der Waals surface area (Å²) in [6.07, 6.45) is 3.96. The highest BCUT2D eigenvalue weighted by Gasteiger charge is 2.47. The average Bonchev–Trinajstić information content (AvgIpc) is 3.19. The highest BCUT2D eigenvalue weighted by Crippen LogP contribution is 2.49. The van der Waals surface area contributed by atoms with Crippen LogP contribution in [0.1, 0.15) is 46.5 Å². The number of carbonyl (C=O) groups is 2. The van der Waals surface area contributed by atoms with Crippen molar-refractivity contribution >= 4 is 17.6 Å². The molecule has 3 unspecified atom stereocenters. The first kappa shape index (κ1) is 18.5. The monoisotopic (exact) mass is 403 g/mol. The summed E-state index contributed by atoms with van der Waals surface area (Å²) in [5, 5.41) is 10.7. The molecule has 8 heteroatoms. The fourth-order valence-electron chi connectivity index (χ4n) is 4.35. The molecular weight excluding hydrogens is 382 g/mol. The van der Waals surface area contributed by atoms with Crippen LogP contribution in [-0.2, 0) is 11.2 Å². The third kappa shape index (κ3) is 3.14. The molecule has 1 aliphatic heterocycles. The zero-order valence-corrected chi connectivity index (χ0v) is 16.5. The van der Waals surface area contributed by atoms with Crippen LogP contribution in [0.4, 0.5) is 5.82 Å². The van der Waals surface area contributed by atoms with Crippen molar-refractivity contribution in [1.82, 2.24) is 20.5 Å². The summed E-state index contributed by atoms with van der Waals surface area (Å²) in [7, 11) is 1.70. The van der Waals surface area contributed by atoms with E-state index in [9.17, 15) is 9.59 Å². The Kier molecular flexibility index (Phi) is 4.54. The number of pyridine rings is 1. The van der Waals surface area contributed by atoms with Gasteiger partial charge in [-0.3, -0.25) is 14.5 Å². The Morgan fingerprint density at radius 2 is 2.00 bits per heavy atom. The average molecular weight is 403 g/mol. The number of amides is 2. The summed E-state index contributed by atoms with van der Waals surface area (Å²) in [6, 6.07) is 12.9. The van der Waals surface area contributed by atoms with Gasteiger partial charge in [0.15, 0.2) is 0 Å². The molecule has 5 rings (SSSR count). The van der Waals surface area contributed by atoms with Crippen LogP contribution in [0, 0.1) is 5.92 Å². The molecule has 1 saturated carbocycles. The van der Waals surface area contributed by atoms with Gasteiger partial charge in [0.25, 0.3) is 5.91 Å². The molecule has 3 aromatic rings. The lowest BCUT2D eigenvalue weighted by atomic mass is 9.67. The number of benzene rings is 1. The Morgan fingerprint density at radius 1 is 1.17 bits per heavy atom. The molecule has 1 fully saturated rings. The molecule has 2 aromatic heterocycles. The van der Waals surface area contributed by atoms with Gasteiger partial charge in [-0.15, -0.1) is 10.2 Å². The van der Waals surface area contributed by atoms with E-state index in [1.165, 1.54) is 4.90 Å². The lowest BCUT2D eigenvalue weighted by molar-refractivity contribution is -0.122. The van der Waals surface area contributed by atoms with Crippen molar-refractivity contribution in [2.24, 2.45) is 5.92 Å². The molecule has 152 valence electrons. The van der Waals surface area contributed by atoms with Crippen LogP contribution in [0.3, 0.4) is 0 Å². The van der Waals surface area contributed by atoms with Gasteiger partial charge in [-0.1, -0.05) is 36.4 Å². The number of nitrogens with one attached hydrogen (secondary N) is 1. The van der Waals surface area contributed by atoms with E-state index < -0.39 is 11.9 Å². The van der Waals surface area contributed by atoms with Crippen LogP contribution in [0.15, 0.2) is 53.1 Å². The molecule has 3 heterocycles. The molecular formula is C22H21N5O3. The van der Waals surface area contributed by atoms with E-state index in [4.69, 9.17) is 4.42 Å². The van der Waals surface area contributed by atoms with Crippen LogP contribution < -0.4 is 10.2 Å². The van der Waals surface area contributed by atoms with E-state index in [1.54, 1.807) is 13.2 Å². The maximum absolute atomic E-state index is 13.1. The number of anilines is 1. The first-order chi connectivity index (χ1) is 14.6. The van der Waals surface area contributed by atoms with Crippen LogP contribution >= 0.6 is 0 Å². The van der Waals surface area contributed by atoms with Crippen molar-refractivity contribution < 1.29 is 14.0 Å². The lowest BCUT2D eigenvalue weighted by Crippen LogP contribution is -2.53. The first-order valence-corrected chi connectivity index (χ1v) is 10.0. The minimum Gasteiger partial charge on any atom is -0.417 e. The normalized spacial score (nSPS) is 22.5. The van der Waals surface area contributed by atoms with Crippen LogP contribution in [-0.4, -0.2) is 40.1 Å². The summed E-state index contributed by atoms with van der Waals surface area (Å²) >= 11 is 0. The van der Waals surface area contributed by atoms with Gasteiger partial charge in [0.2, 0.25) is 5.89 Å². The van der Waals surface area contributed by atoms with Gasteiger partial charge in [0, 0.05) is 13.2 Å². The van der Waals surface area contributed by atoms with Crippen LogP contribution in [0.25, 0.3) is 0 Å². The molecule has 30 heavy (non-hydrogen) atoms. The van der Waals surface area contributed by atoms with Crippen molar-refractivity contribution in [2.75, 3.05) is 11.9 Å². The Hall–Kier alpha value is -3.55. The predicted molar refractivity (Wildman–Crippen MR) is 108 cm³/mol. The number of hydrogen-bond donors (Lipinski definition) is 1. The van der Waals surface area contributed by atoms with E-state index in [0.29, 0.717) is 18.1 Å². The summed E-state index contributed by atoms with van der Waals surface area (Å²) in [5.41, 5.74) is 2.07. The minimum absolute atomic E-state index is 0.0288. The number of nitrogens with zero attached hydrogens (tertiary/aromatic N) is 4. The second kappa shape index (κ2) is 7.37. The van der Waals surface area contributed by atoms with Gasteiger partial charge in [-0.25, -0.2) is 4.98 Å². The summed E-state index contributed by atoms with van der Waals surface area (Å²) < 4.78 is 5.55. The number of fused-ring (bicyclic) bond motifs is 3. The van der Waals surface area contributed by atoms with Crippen molar-refractivity contribution in [3.63, 3.8) is 0 Å². The van der Waals surface area contributed by atoms with Crippen molar-refractivity contribution in [3.05, 3.63) is 71.6 Å². The molecule has 8 nitrogen and oxygen atoms in total. The van der Waals surface area contributed by atoms with Gasteiger partial charge in [0.05, 0.1) is 6.42 Å². The molecule has 2 amide bonds. The topological polar surface area (TPSA) is 101 Å². The Bertz CT molecular complexity index is 1100. The standard InChI is InChI=1S/C22H21N5O3/c1-27-19-16(8-5-11-23-19)14-9-10-15(14)18(22(27)29)24-20(28)21-26-25-17(30-21)12-13-6-3-2-4-7-13/h2-8,11,14-15,18H,9-10,12H2,1H3,(H,24,28). The number of rotatable bonds is 4. The Morgan fingerprint density at radius 3 is 2.77 bits per heavy atom. The van der Waals surface area contributed by atoms with Crippen molar-refractivity contribution in [3.8, 4) is 0 Å². The van der Waals surface area contributed by atoms with Gasteiger partial charge in [0.1, 0.15) is 11.9 Å². The van der Waals surface area contributed by atoms with Gasteiger partial charge >= 0.3 is 11.8 Å². The second-order valence-corrected chi connectivity index (χ2v) is 7.78. The van der Waals surface area contributed by atoms with Gasteiger partial charge in [-0.05, 0) is 41.9 Å². The quantitative estimate of drug-likeness (QED) is 0.717. The van der Waals surface area contributed by atoms with E-state index in [0.717, 1.165) is 24.0 Å². The Balaban J connectivity index is 1.34. The predicted octanol–water partition coefficient (Wildman–Crippen LogP) is 2.32. The SMILES string of the molecule is CN1C(=O)C(NC(=O)c2nnc(Cc3ccccc3)o2)C2CCC2c2cccnc21. The molecule has 0 spiro atoms. The molecule has 3 atom stereocenters. The van der Waals surface area contributed by atoms with Crippen LogP contribution in [0.5, 0.6) is 0 Å². The molecule has 0 saturated heterocycles. The Labute approximate surface area is 173 Å². The molecule has 0 radical (unpaired) electrons. The number of likely N-dealkylation sites (N-methyl/N-ethyl adjacent to an activating group) is 1. The van der Waals surface area contributed by atoms with E-state index in [2.05, 4.69) is 20.5 Å². The molecule has 1 aliphatic carbocycles. The van der Waals surface area contributed by atoms with Crippen LogP contribution in [0.2, 0.25) is 0 Å². The lowest BCUT2D eigenvalue weighted by Gasteiger charge is -2.39. The van der Waals surface area contributed by atoms with Crippen molar-refractivity contribution in [2.45, 2.75) is 31.2 Å². The zero-order valence-electron chi connectivity index (χ0n) is 16.5. The maximum atomic E-state index is 13.1. The number of carbonyl (C=O) groups excluding carboxylic acids is 2. The highest BCUT2D eigenvalue weighted by atomic mass is 16.4. The smallest absolute Gasteiger partial charge is 0.309 e. The first-order valence-electron chi connectivity index (χ1n) is 10.0. The minimum atomic E-state index is -0.653. The molecule has 1 aromatic carbocycles. The highest BCUT2D eigenvalue weighted by molar-refractivity contribution is 6.01. The third-order valence-corrected chi connectivity index (χ3v) is 6.03. The van der Waals surface area contributed by atoms with Gasteiger partial charge < -0.3 is 9.73 Å². The fraction of sp³-hybridized carbons (Fsp3) is 0.318. The number of hydrogen-bond acceptors (Lipinski definition) is 6. The summed E-state index contributed by atoms with van der Waals surface area (Å²) in [5.74, 6) is 0.403.